The molecular formula is C21H32N2O3. The number of amides is 2. The Hall–Kier alpha value is -2.30. The van der Waals surface area contributed by atoms with Gasteiger partial charge in [0.2, 0.25) is 11.8 Å². The summed E-state index contributed by atoms with van der Waals surface area (Å²) in [5, 5.41) is 14.9. The van der Waals surface area contributed by atoms with Crippen molar-refractivity contribution in [3.8, 4) is 5.75 Å². The Morgan fingerprint density at radius 3 is 2.04 bits per heavy atom. The smallest absolute Gasteiger partial charge is 0.246 e. The number of benzene rings is 1. The average Bonchev–Trinajstić information content (AvgIpc) is 2.61. The maximum atomic E-state index is 11.8. The van der Waals surface area contributed by atoms with Gasteiger partial charge in [-0.25, -0.2) is 0 Å². The molecule has 0 aliphatic heterocycles. The van der Waals surface area contributed by atoms with Crippen LogP contribution in [-0.4, -0.2) is 23.5 Å². The van der Waals surface area contributed by atoms with E-state index in [1.807, 2.05) is 0 Å². The lowest BCUT2D eigenvalue weighted by Gasteiger charge is -2.06. The van der Waals surface area contributed by atoms with E-state index in [1.54, 1.807) is 31.2 Å². The molecule has 144 valence electrons. The fourth-order valence-corrected chi connectivity index (χ4v) is 2.59. The van der Waals surface area contributed by atoms with Crippen molar-refractivity contribution >= 4 is 17.5 Å². The van der Waals surface area contributed by atoms with Crippen molar-refractivity contribution < 1.29 is 14.7 Å². The summed E-state index contributed by atoms with van der Waals surface area (Å²) in [7, 11) is 0. The normalized spacial score (nSPS) is 10.3. The van der Waals surface area contributed by atoms with E-state index in [-0.39, 0.29) is 17.6 Å². The van der Waals surface area contributed by atoms with Gasteiger partial charge in [0.25, 0.3) is 0 Å². The van der Waals surface area contributed by atoms with Crippen LogP contribution >= 0.6 is 0 Å². The monoisotopic (exact) mass is 360 g/mol. The maximum absolute atomic E-state index is 11.8. The maximum Gasteiger partial charge on any atom is 0.246 e. The van der Waals surface area contributed by atoms with Crippen LogP contribution in [0.4, 0.5) is 5.69 Å². The second-order valence-electron chi connectivity index (χ2n) is 6.71. The van der Waals surface area contributed by atoms with Crippen LogP contribution in [0.5, 0.6) is 5.75 Å². The number of nitrogens with one attached hydrogen (secondary N) is 2. The molecule has 0 radical (unpaired) electrons. The van der Waals surface area contributed by atoms with Gasteiger partial charge in [-0.15, -0.1) is 0 Å². The molecule has 0 saturated heterocycles. The first-order valence-corrected chi connectivity index (χ1v) is 9.51. The van der Waals surface area contributed by atoms with E-state index in [1.165, 1.54) is 19.3 Å². The molecule has 0 bridgehead atoms. The summed E-state index contributed by atoms with van der Waals surface area (Å²) in [4.78, 5) is 23.1. The molecule has 1 aromatic carbocycles. The Balaban J connectivity index is 1.90. The third kappa shape index (κ3) is 10.5. The molecule has 0 saturated carbocycles. The molecule has 1 aromatic rings. The van der Waals surface area contributed by atoms with Crippen molar-refractivity contribution in [1.29, 1.82) is 0 Å². The number of carbonyl (C=O) groups is 2. The molecule has 5 nitrogen and oxygen atoms in total. The highest BCUT2D eigenvalue weighted by atomic mass is 16.3. The molecule has 5 heteroatoms. The van der Waals surface area contributed by atoms with Crippen LogP contribution in [0, 0.1) is 0 Å². The van der Waals surface area contributed by atoms with Gasteiger partial charge >= 0.3 is 0 Å². The van der Waals surface area contributed by atoms with Crippen molar-refractivity contribution in [2.24, 2.45) is 0 Å². The molecule has 0 aromatic heterocycles. The van der Waals surface area contributed by atoms with Crippen molar-refractivity contribution in [3.63, 3.8) is 0 Å². The lowest BCUT2D eigenvalue weighted by Crippen LogP contribution is -2.24. The third-order valence-electron chi connectivity index (χ3n) is 4.15. The molecule has 3 N–H and O–H groups in total. The van der Waals surface area contributed by atoms with Gasteiger partial charge in [-0.2, -0.15) is 0 Å². The minimum absolute atomic E-state index is 0.0208. The number of rotatable bonds is 13. The molecule has 0 aliphatic carbocycles. The number of hydrogen-bond acceptors (Lipinski definition) is 3. The predicted octanol–water partition coefficient (Wildman–Crippen LogP) is 4.53. The lowest BCUT2D eigenvalue weighted by molar-refractivity contribution is -0.117. The summed E-state index contributed by atoms with van der Waals surface area (Å²) in [5.41, 5.74) is 1.27. The standard InChI is InChI=1S/C21H32N2O3/c1-17(2)21(26)22-16-10-8-6-4-3-5-7-9-11-20(25)23-18-12-14-19(24)15-13-18/h12-15,24H,1,3-11,16H2,2H3,(H,22,26)(H,23,25). The largest absolute Gasteiger partial charge is 0.508 e. The number of carbonyl (C=O) groups excluding carboxylic acids is 2. The average molecular weight is 360 g/mol. The van der Waals surface area contributed by atoms with Crippen LogP contribution in [0.15, 0.2) is 36.4 Å². The van der Waals surface area contributed by atoms with Gasteiger partial charge in [0.05, 0.1) is 0 Å². The molecule has 0 heterocycles. The molecule has 0 fully saturated rings. The number of unbranched alkanes of at least 4 members (excludes halogenated alkanes) is 7. The van der Waals surface area contributed by atoms with Crippen molar-refractivity contribution in [1.82, 2.24) is 5.32 Å². The number of phenols is 1. The zero-order chi connectivity index (χ0) is 19.2. The Bertz CT molecular complexity index is 567. The van der Waals surface area contributed by atoms with Crippen LogP contribution in [0.3, 0.4) is 0 Å². The Morgan fingerprint density at radius 2 is 1.46 bits per heavy atom. The van der Waals surface area contributed by atoms with E-state index in [2.05, 4.69) is 17.2 Å². The summed E-state index contributed by atoms with van der Waals surface area (Å²) in [6, 6.07) is 6.50. The second-order valence-corrected chi connectivity index (χ2v) is 6.71. The zero-order valence-electron chi connectivity index (χ0n) is 15.9. The Kier molecular flexibility index (Phi) is 10.9. The van der Waals surface area contributed by atoms with Gasteiger partial charge < -0.3 is 15.7 Å². The number of aromatic hydroxyl groups is 1. The van der Waals surface area contributed by atoms with Crippen LogP contribution in [-0.2, 0) is 9.59 Å². The summed E-state index contributed by atoms with van der Waals surface area (Å²) < 4.78 is 0. The van der Waals surface area contributed by atoms with Gasteiger partial charge in [-0.3, -0.25) is 9.59 Å². The fourth-order valence-electron chi connectivity index (χ4n) is 2.59. The highest BCUT2D eigenvalue weighted by Crippen LogP contribution is 2.15. The van der Waals surface area contributed by atoms with E-state index >= 15 is 0 Å². The second kappa shape index (κ2) is 13.0. The molecule has 26 heavy (non-hydrogen) atoms. The van der Waals surface area contributed by atoms with E-state index in [0.29, 0.717) is 17.7 Å². The highest BCUT2D eigenvalue weighted by Gasteiger charge is 2.02. The number of anilines is 1. The quantitative estimate of drug-likeness (QED) is 0.275. The zero-order valence-corrected chi connectivity index (χ0v) is 15.9. The first-order valence-electron chi connectivity index (χ1n) is 9.51. The van der Waals surface area contributed by atoms with Gasteiger partial charge in [-0.05, 0) is 44.0 Å². The van der Waals surface area contributed by atoms with Gasteiger partial charge in [0.1, 0.15) is 5.75 Å². The Labute approximate surface area is 156 Å². The molecule has 0 aliphatic rings. The Morgan fingerprint density at radius 1 is 0.923 bits per heavy atom. The molecular weight excluding hydrogens is 328 g/mol. The first-order chi connectivity index (χ1) is 12.5. The van der Waals surface area contributed by atoms with Crippen molar-refractivity contribution in [2.75, 3.05) is 11.9 Å². The summed E-state index contributed by atoms with van der Waals surface area (Å²) in [6.45, 7) is 6.05. The fraction of sp³-hybridized carbons (Fsp3) is 0.524. The third-order valence-corrected chi connectivity index (χ3v) is 4.15. The molecule has 1 rings (SSSR count). The van der Waals surface area contributed by atoms with Crippen LogP contribution in [0.1, 0.15) is 64.7 Å². The van der Waals surface area contributed by atoms with Crippen LogP contribution in [0.2, 0.25) is 0 Å². The summed E-state index contributed by atoms with van der Waals surface area (Å²) in [6.07, 6.45) is 9.37. The van der Waals surface area contributed by atoms with E-state index < -0.39 is 0 Å². The summed E-state index contributed by atoms with van der Waals surface area (Å²) >= 11 is 0. The SMILES string of the molecule is C=C(C)C(=O)NCCCCCCCCCCC(=O)Nc1ccc(O)cc1. The molecule has 0 atom stereocenters. The highest BCUT2D eigenvalue weighted by molar-refractivity contribution is 5.92. The van der Waals surface area contributed by atoms with Crippen LogP contribution in [0.25, 0.3) is 0 Å². The minimum Gasteiger partial charge on any atom is -0.508 e. The van der Waals surface area contributed by atoms with E-state index in [0.717, 1.165) is 38.6 Å². The van der Waals surface area contributed by atoms with Crippen LogP contribution < -0.4 is 10.6 Å². The molecule has 2 amide bonds. The van der Waals surface area contributed by atoms with Gasteiger partial charge in [0.15, 0.2) is 0 Å². The molecule has 0 unspecified atom stereocenters. The lowest BCUT2D eigenvalue weighted by atomic mass is 10.1. The van der Waals surface area contributed by atoms with Crippen molar-refractivity contribution in [3.05, 3.63) is 36.4 Å². The molecule has 0 spiro atoms. The van der Waals surface area contributed by atoms with Gasteiger partial charge in [-0.1, -0.05) is 45.1 Å². The number of hydrogen-bond donors (Lipinski definition) is 3. The summed E-state index contributed by atoms with van der Waals surface area (Å²) in [5.74, 6) is 0.159. The first kappa shape index (κ1) is 21.7. The predicted molar refractivity (Wildman–Crippen MR) is 106 cm³/mol. The minimum atomic E-state index is -0.0561. The van der Waals surface area contributed by atoms with Gasteiger partial charge in [0, 0.05) is 24.2 Å². The number of phenolic OH excluding ortho intramolecular Hbond substituents is 1. The topological polar surface area (TPSA) is 78.4 Å². The van der Waals surface area contributed by atoms with Crippen molar-refractivity contribution in [2.45, 2.75) is 64.7 Å². The van der Waals surface area contributed by atoms with E-state index in [9.17, 15) is 14.7 Å². The van der Waals surface area contributed by atoms with E-state index in [4.69, 9.17) is 0 Å².